The van der Waals surface area contributed by atoms with Crippen LogP contribution in [0.1, 0.15) is 16.7 Å². The molecule has 8 heteroatoms. The Morgan fingerprint density at radius 3 is 2.57 bits per heavy atom. The summed E-state index contributed by atoms with van der Waals surface area (Å²) in [7, 11) is 0. The lowest BCUT2D eigenvalue weighted by molar-refractivity contribution is -0.0503. The Morgan fingerprint density at radius 2 is 1.90 bits per heavy atom. The molecule has 0 spiro atoms. The summed E-state index contributed by atoms with van der Waals surface area (Å²) >= 11 is 6.09. The molecule has 0 aliphatic carbocycles. The zero-order valence-corrected chi connectivity index (χ0v) is 16.7. The molecule has 30 heavy (non-hydrogen) atoms. The molecule has 2 heterocycles. The summed E-state index contributed by atoms with van der Waals surface area (Å²) in [5.41, 5.74) is 8.85. The zero-order chi connectivity index (χ0) is 21.3. The molecule has 0 fully saturated rings. The molecular weight excluding hydrogens is 412 g/mol. The molecule has 1 aliphatic heterocycles. The summed E-state index contributed by atoms with van der Waals surface area (Å²) in [6, 6.07) is 14.6. The fourth-order valence-corrected chi connectivity index (χ4v) is 3.73. The summed E-state index contributed by atoms with van der Waals surface area (Å²) in [6.45, 7) is -1.01. The van der Waals surface area contributed by atoms with Gasteiger partial charge >= 0.3 is 6.61 Å². The van der Waals surface area contributed by atoms with Crippen LogP contribution in [0.2, 0.25) is 5.02 Å². The SMILES string of the molecule is Cc1cc([C@@]2(c3cccc(-c4cncc(Cl)c4)c3)COC(N)=N2)ccc1OC(F)F. The molecular formula is C22H18ClF2N3O2. The Bertz CT molecular complexity index is 1120. The molecule has 1 aromatic heterocycles. The van der Waals surface area contributed by atoms with Gasteiger partial charge in [-0.25, -0.2) is 4.99 Å². The van der Waals surface area contributed by atoms with Crippen molar-refractivity contribution < 1.29 is 18.3 Å². The van der Waals surface area contributed by atoms with Gasteiger partial charge in [0.1, 0.15) is 12.4 Å². The largest absolute Gasteiger partial charge is 0.462 e. The van der Waals surface area contributed by atoms with Crippen LogP contribution in [0.25, 0.3) is 11.1 Å². The highest BCUT2D eigenvalue weighted by molar-refractivity contribution is 6.30. The van der Waals surface area contributed by atoms with Crippen LogP contribution in [0.15, 0.2) is 65.9 Å². The Balaban J connectivity index is 1.81. The molecule has 0 amide bonds. The van der Waals surface area contributed by atoms with Crippen molar-refractivity contribution >= 4 is 17.6 Å². The number of benzene rings is 2. The summed E-state index contributed by atoms with van der Waals surface area (Å²) in [6.07, 6.45) is 3.29. The molecule has 0 saturated carbocycles. The maximum atomic E-state index is 12.6. The lowest BCUT2D eigenvalue weighted by Gasteiger charge is -2.26. The van der Waals surface area contributed by atoms with Crippen LogP contribution >= 0.6 is 11.6 Å². The quantitative estimate of drug-likeness (QED) is 0.626. The number of halogens is 3. The van der Waals surface area contributed by atoms with E-state index in [0.717, 1.165) is 22.3 Å². The van der Waals surface area contributed by atoms with E-state index in [-0.39, 0.29) is 18.4 Å². The van der Waals surface area contributed by atoms with E-state index < -0.39 is 12.2 Å². The number of hydrogen-bond acceptors (Lipinski definition) is 5. The molecule has 0 radical (unpaired) electrons. The second-order valence-electron chi connectivity index (χ2n) is 6.93. The lowest BCUT2D eigenvalue weighted by atomic mass is 9.82. The minimum absolute atomic E-state index is 0.0652. The van der Waals surface area contributed by atoms with Crippen molar-refractivity contribution in [2.45, 2.75) is 19.1 Å². The van der Waals surface area contributed by atoms with E-state index in [2.05, 4.69) is 14.7 Å². The van der Waals surface area contributed by atoms with Crippen molar-refractivity contribution in [2.24, 2.45) is 10.7 Å². The van der Waals surface area contributed by atoms with Gasteiger partial charge in [0, 0.05) is 18.0 Å². The lowest BCUT2D eigenvalue weighted by Crippen LogP contribution is -2.27. The van der Waals surface area contributed by atoms with Crippen LogP contribution in [0.4, 0.5) is 8.78 Å². The number of aryl methyl sites for hydroxylation is 1. The third-order valence-corrected chi connectivity index (χ3v) is 5.18. The van der Waals surface area contributed by atoms with Gasteiger partial charge in [0.2, 0.25) is 0 Å². The van der Waals surface area contributed by atoms with Crippen molar-refractivity contribution in [3.8, 4) is 16.9 Å². The smallest absolute Gasteiger partial charge is 0.387 e. The highest BCUT2D eigenvalue weighted by Crippen LogP contribution is 2.40. The first-order chi connectivity index (χ1) is 14.4. The standard InChI is InChI=1S/C22H18ClF2N3O2/c1-13-7-17(5-6-19(13)30-20(24)25)22(12-29-21(26)28-22)16-4-2-3-14(8-16)15-9-18(23)11-27-10-15/h2-11,20H,12H2,1H3,(H2,26,28)/t22-/m0/s1. The minimum atomic E-state index is -2.89. The van der Waals surface area contributed by atoms with Crippen molar-refractivity contribution in [2.75, 3.05) is 6.61 Å². The summed E-state index contributed by atoms with van der Waals surface area (Å²) < 4.78 is 35.4. The molecule has 5 nitrogen and oxygen atoms in total. The van der Waals surface area contributed by atoms with Crippen LogP contribution in [0, 0.1) is 6.92 Å². The second-order valence-corrected chi connectivity index (χ2v) is 7.37. The van der Waals surface area contributed by atoms with Gasteiger partial charge in [-0.15, -0.1) is 0 Å². The topological polar surface area (TPSA) is 69.7 Å². The highest BCUT2D eigenvalue weighted by Gasteiger charge is 2.40. The monoisotopic (exact) mass is 429 g/mol. The molecule has 2 N–H and O–H groups in total. The van der Waals surface area contributed by atoms with Crippen molar-refractivity contribution in [1.82, 2.24) is 4.98 Å². The van der Waals surface area contributed by atoms with E-state index in [9.17, 15) is 8.78 Å². The van der Waals surface area contributed by atoms with Gasteiger partial charge in [0.25, 0.3) is 6.02 Å². The number of aromatic nitrogens is 1. The maximum Gasteiger partial charge on any atom is 0.387 e. The molecule has 0 saturated heterocycles. The van der Waals surface area contributed by atoms with E-state index in [4.69, 9.17) is 22.1 Å². The normalized spacial score (nSPS) is 18.2. The number of nitrogens with zero attached hydrogens (tertiary/aromatic N) is 2. The Morgan fingerprint density at radius 1 is 1.10 bits per heavy atom. The van der Waals surface area contributed by atoms with Crippen molar-refractivity contribution in [3.63, 3.8) is 0 Å². The highest BCUT2D eigenvalue weighted by atomic mass is 35.5. The molecule has 3 aromatic rings. The average molecular weight is 430 g/mol. The number of rotatable bonds is 5. The van der Waals surface area contributed by atoms with Gasteiger partial charge in [-0.2, -0.15) is 8.78 Å². The van der Waals surface area contributed by atoms with Gasteiger partial charge in [0.15, 0.2) is 5.54 Å². The number of aliphatic imine (C=N–C) groups is 1. The van der Waals surface area contributed by atoms with Crippen LogP contribution in [-0.4, -0.2) is 24.2 Å². The first kappa shape index (κ1) is 20.1. The number of pyridine rings is 1. The zero-order valence-electron chi connectivity index (χ0n) is 16.0. The molecule has 0 bridgehead atoms. The predicted molar refractivity (Wildman–Crippen MR) is 111 cm³/mol. The van der Waals surface area contributed by atoms with Crippen molar-refractivity contribution in [1.29, 1.82) is 0 Å². The first-order valence-corrected chi connectivity index (χ1v) is 9.51. The predicted octanol–water partition coefficient (Wildman–Crippen LogP) is 4.90. The fraction of sp³-hybridized carbons (Fsp3) is 0.182. The Labute approximate surface area is 177 Å². The van der Waals surface area contributed by atoms with E-state index >= 15 is 0 Å². The third-order valence-electron chi connectivity index (χ3n) is 4.98. The molecule has 1 atom stereocenters. The maximum absolute atomic E-state index is 12.6. The number of hydrogen-bond donors (Lipinski definition) is 1. The van der Waals surface area contributed by atoms with Crippen LogP contribution in [0.5, 0.6) is 5.75 Å². The van der Waals surface area contributed by atoms with Gasteiger partial charge < -0.3 is 15.2 Å². The fourth-order valence-electron chi connectivity index (χ4n) is 3.55. The molecule has 0 unspecified atom stereocenters. The summed E-state index contributed by atoms with van der Waals surface area (Å²) in [5, 5.41) is 0.532. The first-order valence-electron chi connectivity index (χ1n) is 9.13. The van der Waals surface area contributed by atoms with E-state index in [1.165, 1.54) is 6.07 Å². The average Bonchev–Trinajstić information content (AvgIpc) is 3.12. The van der Waals surface area contributed by atoms with E-state index in [1.807, 2.05) is 30.3 Å². The molecule has 4 rings (SSSR count). The summed E-state index contributed by atoms with van der Waals surface area (Å²) in [4.78, 5) is 8.73. The Kier molecular flexibility index (Phi) is 5.30. The third kappa shape index (κ3) is 3.80. The number of alkyl halides is 2. The van der Waals surface area contributed by atoms with Gasteiger partial charge in [0.05, 0.1) is 5.02 Å². The van der Waals surface area contributed by atoms with Gasteiger partial charge in [-0.05, 0) is 53.4 Å². The van der Waals surface area contributed by atoms with Crippen LogP contribution in [-0.2, 0) is 10.3 Å². The summed E-state index contributed by atoms with van der Waals surface area (Å²) in [5.74, 6) is 0.110. The molecule has 154 valence electrons. The van der Waals surface area contributed by atoms with E-state index in [1.54, 1.807) is 31.5 Å². The molecule has 2 aromatic carbocycles. The molecule has 1 aliphatic rings. The second kappa shape index (κ2) is 7.91. The Hall–Kier alpha value is -3.19. The number of ether oxygens (including phenoxy) is 2. The van der Waals surface area contributed by atoms with Crippen LogP contribution < -0.4 is 10.5 Å². The number of nitrogens with two attached hydrogens (primary N) is 1. The van der Waals surface area contributed by atoms with Crippen molar-refractivity contribution in [3.05, 3.63) is 82.6 Å². The van der Waals surface area contributed by atoms with Crippen LogP contribution in [0.3, 0.4) is 0 Å². The van der Waals surface area contributed by atoms with Gasteiger partial charge in [-0.1, -0.05) is 35.9 Å². The minimum Gasteiger partial charge on any atom is -0.462 e. The number of amidine groups is 1. The van der Waals surface area contributed by atoms with Gasteiger partial charge in [-0.3, -0.25) is 4.98 Å². The van der Waals surface area contributed by atoms with E-state index in [0.29, 0.717) is 10.6 Å².